The van der Waals surface area contributed by atoms with Crippen LogP contribution in [0.2, 0.25) is 0 Å². The summed E-state index contributed by atoms with van der Waals surface area (Å²) in [7, 11) is 1.59. The van der Waals surface area contributed by atoms with Crippen LogP contribution in [0.3, 0.4) is 0 Å². The molecule has 0 saturated carbocycles. The Hall–Kier alpha value is -0.650. The number of hydrogen-bond acceptors (Lipinski definition) is 4. The van der Waals surface area contributed by atoms with Crippen molar-refractivity contribution in [2.24, 2.45) is 5.92 Å². The Balaban J connectivity index is 2.18. The minimum atomic E-state index is -0.297. The molecule has 0 aromatic carbocycles. The van der Waals surface area contributed by atoms with E-state index in [-0.39, 0.29) is 18.2 Å². The Morgan fingerprint density at radius 3 is 2.94 bits per heavy atom. The molecule has 5 heteroatoms. The lowest BCUT2D eigenvalue weighted by atomic mass is 10.2. The number of hydrogen-bond donors (Lipinski definition) is 2. The predicted octanol–water partition coefficient (Wildman–Crippen LogP) is 0.110. The van der Waals surface area contributed by atoms with E-state index < -0.39 is 0 Å². The number of amides is 1. The van der Waals surface area contributed by atoms with Crippen molar-refractivity contribution in [1.29, 1.82) is 0 Å². The lowest BCUT2D eigenvalue weighted by molar-refractivity contribution is -0.127. The van der Waals surface area contributed by atoms with E-state index in [2.05, 4.69) is 24.5 Å². The molecule has 2 atom stereocenters. The van der Waals surface area contributed by atoms with Crippen LogP contribution in [0.15, 0.2) is 0 Å². The normalized spacial score (nSPS) is 25.0. The fraction of sp³-hybridized carbons (Fsp3) is 0.909. The maximum Gasteiger partial charge on any atom is 0.234 e. The average Bonchev–Trinajstić information content (AvgIpc) is 2.64. The van der Waals surface area contributed by atoms with Gasteiger partial charge < -0.3 is 20.1 Å². The maximum absolute atomic E-state index is 11.6. The molecule has 0 bridgehead atoms. The molecule has 16 heavy (non-hydrogen) atoms. The zero-order valence-corrected chi connectivity index (χ0v) is 10.3. The number of methoxy groups -OCH3 is 1. The third kappa shape index (κ3) is 4.47. The third-order valence-electron chi connectivity index (χ3n) is 2.46. The highest BCUT2D eigenvalue weighted by Gasteiger charge is 2.29. The van der Waals surface area contributed by atoms with Crippen LogP contribution in [0.4, 0.5) is 0 Å². The van der Waals surface area contributed by atoms with Crippen molar-refractivity contribution >= 4 is 5.91 Å². The highest BCUT2D eigenvalue weighted by atomic mass is 16.7. The summed E-state index contributed by atoms with van der Waals surface area (Å²) in [6, 6.07) is -0.0154. The Morgan fingerprint density at radius 1 is 1.56 bits per heavy atom. The van der Waals surface area contributed by atoms with E-state index in [0.717, 1.165) is 13.0 Å². The zero-order valence-electron chi connectivity index (χ0n) is 10.3. The van der Waals surface area contributed by atoms with Gasteiger partial charge in [-0.15, -0.1) is 0 Å². The minimum absolute atomic E-state index is 0.00167. The summed E-state index contributed by atoms with van der Waals surface area (Å²) >= 11 is 0. The van der Waals surface area contributed by atoms with E-state index in [1.807, 2.05) is 0 Å². The Kier molecular flexibility index (Phi) is 5.73. The van der Waals surface area contributed by atoms with E-state index in [9.17, 15) is 4.79 Å². The second-order valence-electron chi connectivity index (χ2n) is 4.46. The predicted molar refractivity (Wildman–Crippen MR) is 61.0 cm³/mol. The first-order valence-corrected chi connectivity index (χ1v) is 5.78. The molecule has 0 aliphatic carbocycles. The molecule has 1 heterocycles. The van der Waals surface area contributed by atoms with Gasteiger partial charge in [0.05, 0.1) is 19.2 Å². The van der Waals surface area contributed by atoms with Gasteiger partial charge in [-0.05, 0) is 18.9 Å². The van der Waals surface area contributed by atoms with Gasteiger partial charge in [0.25, 0.3) is 0 Å². The molecule has 0 radical (unpaired) electrons. The molecule has 0 aromatic heterocycles. The first-order valence-electron chi connectivity index (χ1n) is 5.78. The van der Waals surface area contributed by atoms with Gasteiger partial charge >= 0.3 is 0 Å². The van der Waals surface area contributed by atoms with Gasteiger partial charge in [-0.3, -0.25) is 4.79 Å². The molecule has 1 aliphatic heterocycles. The average molecular weight is 230 g/mol. The summed E-state index contributed by atoms with van der Waals surface area (Å²) in [5.41, 5.74) is 0. The molecule has 1 unspecified atom stereocenters. The van der Waals surface area contributed by atoms with Gasteiger partial charge in [-0.2, -0.15) is 0 Å². The van der Waals surface area contributed by atoms with E-state index in [1.54, 1.807) is 7.11 Å². The molecule has 1 rings (SSSR count). The zero-order chi connectivity index (χ0) is 12.0. The fourth-order valence-corrected chi connectivity index (χ4v) is 1.67. The minimum Gasteiger partial charge on any atom is -0.354 e. The quantitative estimate of drug-likeness (QED) is 0.680. The number of rotatable bonds is 6. The highest BCUT2D eigenvalue weighted by Crippen LogP contribution is 2.13. The first-order chi connectivity index (χ1) is 7.63. The van der Waals surface area contributed by atoms with Crippen molar-refractivity contribution in [1.82, 2.24) is 10.6 Å². The van der Waals surface area contributed by atoms with Crippen LogP contribution in [0.25, 0.3) is 0 Å². The van der Waals surface area contributed by atoms with Crippen LogP contribution in [-0.2, 0) is 14.3 Å². The smallest absolute Gasteiger partial charge is 0.234 e. The molecule has 1 aliphatic rings. The summed E-state index contributed by atoms with van der Waals surface area (Å²) in [5.74, 6) is 0.549. The number of nitrogens with one attached hydrogen (secondary N) is 2. The third-order valence-corrected chi connectivity index (χ3v) is 2.46. The van der Waals surface area contributed by atoms with Crippen LogP contribution in [-0.4, -0.2) is 45.0 Å². The molecule has 94 valence electrons. The van der Waals surface area contributed by atoms with Crippen LogP contribution >= 0.6 is 0 Å². The van der Waals surface area contributed by atoms with Crippen LogP contribution in [0.5, 0.6) is 0 Å². The standard InChI is InChI=1S/C11H22N2O3/c1-8(2)6-12-7-10(14)13-9-4-5-16-11(9)15-3/h8-9,11-12H,4-7H2,1-3H3,(H,13,14)/t9-,11?/m0/s1. The highest BCUT2D eigenvalue weighted by molar-refractivity contribution is 5.78. The molecular weight excluding hydrogens is 208 g/mol. The van der Waals surface area contributed by atoms with Crippen LogP contribution in [0, 0.1) is 5.92 Å². The summed E-state index contributed by atoms with van der Waals surface area (Å²) in [5, 5.41) is 6.00. The van der Waals surface area contributed by atoms with Gasteiger partial charge in [0.2, 0.25) is 5.91 Å². The summed E-state index contributed by atoms with van der Waals surface area (Å²) in [4.78, 5) is 11.6. The molecule has 0 spiro atoms. The Bertz CT molecular complexity index is 221. The van der Waals surface area contributed by atoms with Crippen LogP contribution in [0.1, 0.15) is 20.3 Å². The van der Waals surface area contributed by atoms with E-state index in [4.69, 9.17) is 9.47 Å². The Labute approximate surface area is 96.9 Å². The lowest BCUT2D eigenvalue weighted by Crippen LogP contribution is -2.45. The van der Waals surface area contributed by atoms with Gasteiger partial charge in [-0.25, -0.2) is 0 Å². The van der Waals surface area contributed by atoms with Crippen molar-refractivity contribution in [3.63, 3.8) is 0 Å². The maximum atomic E-state index is 11.6. The molecule has 0 aromatic rings. The van der Waals surface area contributed by atoms with Crippen molar-refractivity contribution < 1.29 is 14.3 Å². The summed E-state index contributed by atoms with van der Waals surface area (Å²) < 4.78 is 10.4. The van der Waals surface area contributed by atoms with E-state index >= 15 is 0 Å². The van der Waals surface area contributed by atoms with Crippen LogP contribution < -0.4 is 10.6 Å². The topological polar surface area (TPSA) is 59.6 Å². The molecule has 1 saturated heterocycles. The number of carbonyl (C=O) groups is 1. The van der Waals surface area contributed by atoms with Gasteiger partial charge in [-0.1, -0.05) is 13.8 Å². The van der Waals surface area contributed by atoms with E-state index in [0.29, 0.717) is 19.1 Å². The molecule has 1 amide bonds. The monoisotopic (exact) mass is 230 g/mol. The second kappa shape index (κ2) is 6.83. The van der Waals surface area contributed by atoms with Gasteiger partial charge in [0.15, 0.2) is 6.29 Å². The Morgan fingerprint density at radius 2 is 2.31 bits per heavy atom. The fourth-order valence-electron chi connectivity index (χ4n) is 1.67. The number of ether oxygens (including phenoxy) is 2. The second-order valence-corrected chi connectivity index (χ2v) is 4.46. The van der Waals surface area contributed by atoms with Gasteiger partial charge in [0.1, 0.15) is 0 Å². The van der Waals surface area contributed by atoms with Crippen molar-refractivity contribution in [2.45, 2.75) is 32.6 Å². The van der Waals surface area contributed by atoms with Crippen molar-refractivity contribution in [3.8, 4) is 0 Å². The molecular formula is C11H22N2O3. The largest absolute Gasteiger partial charge is 0.354 e. The first kappa shape index (κ1) is 13.4. The SMILES string of the molecule is COC1OCC[C@@H]1NC(=O)CNCC(C)C. The van der Waals surface area contributed by atoms with Crippen molar-refractivity contribution in [2.75, 3.05) is 26.8 Å². The molecule has 2 N–H and O–H groups in total. The number of carbonyl (C=O) groups excluding carboxylic acids is 1. The molecule has 1 fully saturated rings. The molecule has 5 nitrogen and oxygen atoms in total. The summed E-state index contributed by atoms with van der Waals surface area (Å²) in [6.45, 7) is 6.06. The summed E-state index contributed by atoms with van der Waals surface area (Å²) in [6.07, 6.45) is 0.517. The van der Waals surface area contributed by atoms with E-state index in [1.165, 1.54) is 0 Å². The lowest BCUT2D eigenvalue weighted by Gasteiger charge is -2.18. The van der Waals surface area contributed by atoms with Crippen molar-refractivity contribution in [3.05, 3.63) is 0 Å². The van der Waals surface area contributed by atoms with Gasteiger partial charge in [0, 0.05) is 7.11 Å².